The van der Waals surface area contributed by atoms with E-state index in [2.05, 4.69) is 28.7 Å². The summed E-state index contributed by atoms with van der Waals surface area (Å²) >= 11 is 9.59. The standard InChI is InChI=1S/C9H3ClINS/c10-9-7(4-12)6-3-5(11)1-2-8(6)13-9/h1-3H. The van der Waals surface area contributed by atoms with Gasteiger partial charge in [0.2, 0.25) is 0 Å². The van der Waals surface area contributed by atoms with Gasteiger partial charge in [0.15, 0.2) is 0 Å². The molecule has 0 aliphatic heterocycles. The van der Waals surface area contributed by atoms with Crippen LogP contribution in [-0.2, 0) is 0 Å². The molecule has 4 heteroatoms. The third-order valence-corrected chi connectivity index (χ3v) is 3.77. The fourth-order valence-corrected chi connectivity index (χ4v) is 2.89. The highest BCUT2D eigenvalue weighted by Crippen LogP contribution is 2.35. The molecule has 1 aromatic carbocycles. The molecule has 64 valence electrons. The Labute approximate surface area is 98.1 Å². The minimum atomic E-state index is 0.583. The second-order valence-corrected chi connectivity index (χ2v) is 5.40. The molecule has 1 aromatic heterocycles. The van der Waals surface area contributed by atoms with Crippen molar-refractivity contribution in [3.8, 4) is 6.07 Å². The van der Waals surface area contributed by atoms with Crippen molar-refractivity contribution in [2.24, 2.45) is 0 Å². The van der Waals surface area contributed by atoms with E-state index in [1.54, 1.807) is 0 Å². The molecule has 0 saturated carbocycles. The first kappa shape index (κ1) is 9.25. The van der Waals surface area contributed by atoms with E-state index in [0.29, 0.717) is 9.90 Å². The molecule has 0 atom stereocenters. The van der Waals surface area contributed by atoms with Crippen LogP contribution in [-0.4, -0.2) is 0 Å². The van der Waals surface area contributed by atoms with Crippen LogP contribution >= 0.6 is 45.5 Å². The van der Waals surface area contributed by atoms with Crippen molar-refractivity contribution in [1.29, 1.82) is 5.26 Å². The molecule has 0 radical (unpaired) electrons. The maximum atomic E-state index is 8.87. The summed E-state index contributed by atoms with van der Waals surface area (Å²) in [6, 6.07) is 8.11. The van der Waals surface area contributed by atoms with Gasteiger partial charge in [-0.15, -0.1) is 11.3 Å². The summed E-state index contributed by atoms with van der Waals surface area (Å²) in [5, 5.41) is 9.83. The normalized spacial score (nSPS) is 10.2. The molecule has 1 nitrogen and oxygen atoms in total. The Morgan fingerprint density at radius 2 is 2.23 bits per heavy atom. The molecule has 0 fully saturated rings. The van der Waals surface area contributed by atoms with Gasteiger partial charge in [0.25, 0.3) is 0 Å². The number of thiophene rings is 1. The van der Waals surface area contributed by atoms with Crippen molar-refractivity contribution >= 4 is 55.6 Å². The van der Waals surface area contributed by atoms with Crippen LogP contribution in [0.25, 0.3) is 10.1 Å². The van der Waals surface area contributed by atoms with Crippen molar-refractivity contribution in [1.82, 2.24) is 0 Å². The van der Waals surface area contributed by atoms with Crippen LogP contribution in [0.1, 0.15) is 5.56 Å². The molecular formula is C9H3ClINS. The SMILES string of the molecule is N#Cc1c(Cl)sc2ccc(I)cc12. The van der Waals surface area contributed by atoms with Gasteiger partial charge in [-0.25, -0.2) is 0 Å². The van der Waals surface area contributed by atoms with E-state index in [4.69, 9.17) is 16.9 Å². The van der Waals surface area contributed by atoms with Gasteiger partial charge in [0.05, 0.1) is 5.56 Å². The van der Waals surface area contributed by atoms with Gasteiger partial charge in [-0.1, -0.05) is 11.6 Å². The monoisotopic (exact) mass is 319 g/mol. The Balaban J connectivity index is 2.91. The van der Waals surface area contributed by atoms with E-state index in [1.165, 1.54) is 11.3 Å². The molecule has 0 N–H and O–H groups in total. The third kappa shape index (κ3) is 1.54. The predicted molar refractivity (Wildman–Crippen MR) is 64.3 cm³/mol. The van der Waals surface area contributed by atoms with Crippen molar-refractivity contribution in [2.45, 2.75) is 0 Å². The van der Waals surface area contributed by atoms with Crippen molar-refractivity contribution in [3.63, 3.8) is 0 Å². The van der Waals surface area contributed by atoms with Gasteiger partial charge in [0.1, 0.15) is 10.4 Å². The number of rotatable bonds is 0. The molecule has 0 unspecified atom stereocenters. The topological polar surface area (TPSA) is 23.8 Å². The molecule has 0 aliphatic carbocycles. The fourth-order valence-electron chi connectivity index (χ4n) is 1.14. The minimum absolute atomic E-state index is 0.583. The van der Waals surface area contributed by atoms with E-state index in [0.717, 1.165) is 13.7 Å². The first-order valence-corrected chi connectivity index (χ1v) is 5.77. The van der Waals surface area contributed by atoms with Gasteiger partial charge in [-0.05, 0) is 40.8 Å². The van der Waals surface area contributed by atoms with E-state index < -0.39 is 0 Å². The zero-order chi connectivity index (χ0) is 9.42. The first-order valence-electron chi connectivity index (χ1n) is 3.50. The number of fused-ring (bicyclic) bond motifs is 1. The molecule has 2 aromatic rings. The third-order valence-electron chi connectivity index (χ3n) is 1.72. The summed E-state index contributed by atoms with van der Waals surface area (Å²) in [6.07, 6.45) is 0. The number of hydrogen-bond donors (Lipinski definition) is 0. The zero-order valence-corrected chi connectivity index (χ0v) is 10.1. The lowest BCUT2D eigenvalue weighted by Crippen LogP contribution is -1.72. The molecule has 0 aliphatic rings. The summed E-state index contributed by atoms with van der Waals surface area (Å²) in [5.74, 6) is 0. The Morgan fingerprint density at radius 3 is 2.92 bits per heavy atom. The first-order chi connectivity index (χ1) is 6.22. The molecule has 0 amide bonds. The van der Waals surface area contributed by atoms with Gasteiger partial charge in [-0.3, -0.25) is 0 Å². The summed E-state index contributed by atoms with van der Waals surface area (Å²) in [4.78, 5) is 0. The van der Waals surface area contributed by atoms with Gasteiger partial charge in [0, 0.05) is 13.7 Å². The molecule has 1 heterocycles. The van der Waals surface area contributed by atoms with E-state index in [1.807, 2.05) is 18.2 Å². The Morgan fingerprint density at radius 1 is 1.46 bits per heavy atom. The van der Waals surface area contributed by atoms with Gasteiger partial charge in [-0.2, -0.15) is 5.26 Å². The fraction of sp³-hybridized carbons (Fsp3) is 0. The molecule has 2 rings (SSSR count). The lowest BCUT2D eigenvalue weighted by Gasteiger charge is -1.90. The molecular weight excluding hydrogens is 317 g/mol. The van der Waals surface area contributed by atoms with Gasteiger partial charge >= 0.3 is 0 Å². The zero-order valence-electron chi connectivity index (χ0n) is 6.34. The lowest BCUT2D eigenvalue weighted by atomic mass is 10.2. The van der Waals surface area contributed by atoms with Crippen molar-refractivity contribution < 1.29 is 0 Å². The van der Waals surface area contributed by atoms with Crippen molar-refractivity contribution in [3.05, 3.63) is 31.7 Å². The number of hydrogen-bond acceptors (Lipinski definition) is 2. The maximum absolute atomic E-state index is 8.87. The van der Waals surface area contributed by atoms with E-state index >= 15 is 0 Å². The molecule has 0 saturated heterocycles. The Hall–Kier alpha value is -0.310. The summed E-state index contributed by atoms with van der Waals surface area (Å²) < 4.78 is 2.78. The summed E-state index contributed by atoms with van der Waals surface area (Å²) in [7, 11) is 0. The van der Waals surface area contributed by atoms with Gasteiger partial charge < -0.3 is 0 Å². The highest BCUT2D eigenvalue weighted by atomic mass is 127. The average molecular weight is 320 g/mol. The second-order valence-electron chi connectivity index (χ2n) is 2.50. The number of nitriles is 1. The largest absolute Gasteiger partial charge is 0.192 e. The summed E-state index contributed by atoms with van der Waals surface area (Å²) in [5.41, 5.74) is 0.597. The highest BCUT2D eigenvalue weighted by Gasteiger charge is 2.09. The highest BCUT2D eigenvalue weighted by molar-refractivity contribution is 14.1. The number of halogens is 2. The molecule has 13 heavy (non-hydrogen) atoms. The van der Waals surface area contributed by atoms with Crippen LogP contribution in [0.5, 0.6) is 0 Å². The molecule has 0 spiro atoms. The van der Waals surface area contributed by atoms with Crippen LogP contribution in [0.4, 0.5) is 0 Å². The van der Waals surface area contributed by atoms with Crippen LogP contribution in [0.3, 0.4) is 0 Å². The average Bonchev–Trinajstić information content (AvgIpc) is 2.40. The number of nitrogens with zero attached hydrogens (tertiary/aromatic N) is 1. The minimum Gasteiger partial charge on any atom is -0.192 e. The van der Waals surface area contributed by atoms with Crippen LogP contribution < -0.4 is 0 Å². The van der Waals surface area contributed by atoms with Crippen LogP contribution in [0.2, 0.25) is 4.34 Å². The smallest absolute Gasteiger partial charge is 0.112 e. The molecule has 0 bridgehead atoms. The van der Waals surface area contributed by atoms with Crippen molar-refractivity contribution in [2.75, 3.05) is 0 Å². The Bertz CT molecular complexity index is 512. The predicted octanol–water partition coefficient (Wildman–Crippen LogP) is 4.03. The maximum Gasteiger partial charge on any atom is 0.112 e. The number of benzene rings is 1. The van der Waals surface area contributed by atoms with Crippen LogP contribution in [0, 0.1) is 14.9 Å². The van der Waals surface area contributed by atoms with E-state index in [9.17, 15) is 0 Å². The summed E-state index contributed by atoms with van der Waals surface area (Å²) in [6.45, 7) is 0. The Kier molecular flexibility index (Phi) is 2.45. The second kappa shape index (κ2) is 3.45. The van der Waals surface area contributed by atoms with Crippen LogP contribution in [0.15, 0.2) is 18.2 Å². The quantitative estimate of drug-likeness (QED) is 0.673. The van der Waals surface area contributed by atoms with E-state index in [-0.39, 0.29) is 0 Å². The lowest BCUT2D eigenvalue weighted by molar-refractivity contribution is 1.52.